The van der Waals surface area contributed by atoms with Gasteiger partial charge in [-0.3, -0.25) is 4.79 Å². The molecule has 1 aliphatic carbocycles. The summed E-state index contributed by atoms with van der Waals surface area (Å²) in [6.07, 6.45) is 3.89. The van der Waals surface area contributed by atoms with Gasteiger partial charge in [-0.1, -0.05) is 11.8 Å². The van der Waals surface area contributed by atoms with Crippen LogP contribution in [-0.4, -0.2) is 41.1 Å². The molecule has 22 heavy (non-hydrogen) atoms. The zero-order valence-electron chi connectivity index (χ0n) is 12.8. The summed E-state index contributed by atoms with van der Waals surface area (Å²) >= 11 is 1.37. The number of tetrazole rings is 1. The van der Waals surface area contributed by atoms with Gasteiger partial charge in [0.05, 0.1) is 17.5 Å². The second kappa shape index (κ2) is 6.07. The quantitative estimate of drug-likeness (QED) is 0.817. The Morgan fingerprint density at radius 3 is 2.86 bits per heavy atom. The summed E-state index contributed by atoms with van der Waals surface area (Å²) in [6.45, 7) is 5.89. The van der Waals surface area contributed by atoms with E-state index < -0.39 is 0 Å². The van der Waals surface area contributed by atoms with Crippen molar-refractivity contribution in [2.75, 3.05) is 5.32 Å². The predicted octanol–water partition coefficient (Wildman–Crippen LogP) is 1.90. The van der Waals surface area contributed by atoms with Gasteiger partial charge >= 0.3 is 0 Å². The maximum Gasteiger partial charge on any atom is 0.238 e. The van der Waals surface area contributed by atoms with Crippen molar-refractivity contribution in [1.82, 2.24) is 30.0 Å². The van der Waals surface area contributed by atoms with Crippen LogP contribution < -0.4 is 5.32 Å². The average molecular weight is 321 g/mol. The predicted molar refractivity (Wildman–Crippen MR) is 82.6 cm³/mol. The number of aromatic nitrogens is 6. The number of carbonyl (C=O) groups excluding carboxylic acids is 1. The van der Waals surface area contributed by atoms with Crippen molar-refractivity contribution in [1.29, 1.82) is 0 Å². The third-order valence-electron chi connectivity index (χ3n) is 3.42. The van der Waals surface area contributed by atoms with Gasteiger partial charge in [-0.25, -0.2) is 9.36 Å². The molecule has 2 aromatic rings. The molecule has 1 saturated carbocycles. The van der Waals surface area contributed by atoms with Gasteiger partial charge in [0.15, 0.2) is 0 Å². The molecule has 2 aromatic heterocycles. The molecule has 3 rings (SSSR count). The van der Waals surface area contributed by atoms with Gasteiger partial charge in [-0.2, -0.15) is 5.10 Å². The number of nitrogens with zero attached hydrogens (tertiary/aromatic N) is 6. The molecule has 9 heteroatoms. The minimum atomic E-state index is -0.293. The van der Waals surface area contributed by atoms with E-state index in [4.69, 9.17) is 0 Å². The van der Waals surface area contributed by atoms with Crippen LogP contribution in [0.3, 0.4) is 0 Å². The highest BCUT2D eigenvalue weighted by molar-refractivity contribution is 8.00. The average Bonchev–Trinajstić information content (AvgIpc) is 3.03. The molecule has 8 nitrogen and oxygen atoms in total. The minimum absolute atomic E-state index is 0.0854. The fourth-order valence-corrected chi connectivity index (χ4v) is 2.94. The third kappa shape index (κ3) is 3.13. The molecule has 1 fully saturated rings. The fraction of sp³-hybridized carbons (Fsp3) is 0.615. The Labute approximate surface area is 132 Å². The van der Waals surface area contributed by atoms with Crippen LogP contribution in [0.25, 0.3) is 0 Å². The monoisotopic (exact) mass is 321 g/mol. The lowest BCUT2D eigenvalue weighted by atomic mass is 10.4. The summed E-state index contributed by atoms with van der Waals surface area (Å²) in [4.78, 5) is 12.4. The molecule has 0 spiro atoms. The molecule has 1 N–H and O–H groups in total. The van der Waals surface area contributed by atoms with Crippen molar-refractivity contribution in [2.45, 2.75) is 56.1 Å². The van der Waals surface area contributed by atoms with E-state index in [0.717, 1.165) is 12.8 Å². The number of nitrogens with one attached hydrogen (secondary N) is 1. The molecule has 0 radical (unpaired) electrons. The Hall–Kier alpha value is -1.90. The SMILES string of the molecule is CC(Sc1nnnn1C1CC1)C(=O)Nc1ccnn1C(C)C. The molecule has 2 heterocycles. The smallest absolute Gasteiger partial charge is 0.238 e. The lowest BCUT2D eigenvalue weighted by molar-refractivity contribution is -0.115. The van der Waals surface area contributed by atoms with Crippen molar-refractivity contribution in [3.05, 3.63) is 12.3 Å². The van der Waals surface area contributed by atoms with Crippen LogP contribution in [0.2, 0.25) is 0 Å². The Morgan fingerprint density at radius 1 is 1.41 bits per heavy atom. The van der Waals surface area contributed by atoms with Crippen LogP contribution in [0.15, 0.2) is 17.4 Å². The fourth-order valence-electron chi connectivity index (χ4n) is 2.08. The molecule has 1 unspecified atom stereocenters. The van der Waals surface area contributed by atoms with Gasteiger partial charge < -0.3 is 5.32 Å². The third-order valence-corrected chi connectivity index (χ3v) is 4.46. The van der Waals surface area contributed by atoms with Crippen LogP contribution >= 0.6 is 11.8 Å². The minimum Gasteiger partial charge on any atom is -0.310 e. The highest BCUT2D eigenvalue weighted by Gasteiger charge is 2.29. The van der Waals surface area contributed by atoms with E-state index in [1.165, 1.54) is 11.8 Å². The number of hydrogen-bond acceptors (Lipinski definition) is 6. The normalized spacial score (nSPS) is 16.0. The zero-order chi connectivity index (χ0) is 15.7. The molecule has 1 amide bonds. The van der Waals surface area contributed by atoms with Gasteiger partial charge in [-0.15, -0.1) is 5.10 Å². The molecule has 0 saturated heterocycles. The highest BCUT2D eigenvalue weighted by atomic mass is 32.2. The molecule has 0 bridgehead atoms. The first-order chi connectivity index (χ1) is 10.6. The summed E-state index contributed by atoms with van der Waals surface area (Å²) in [6, 6.07) is 2.38. The number of carbonyl (C=O) groups is 1. The van der Waals surface area contributed by atoms with Gasteiger partial charge in [0.1, 0.15) is 5.82 Å². The maximum atomic E-state index is 12.4. The first kappa shape index (κ1) is 15.0. The lowest BCUT2D eigenvalue weighted by Gasteiger charge is -2.14. The van der Waals surface area contributed by atoms with Crippen LogP contribution in [0.1, 0.15) is 45.7 Å². The van der Waals surface area contributed by atoms with Crippen LogP contribution in [0, 0.1) is 0 Å². The van der Waals surface area contributed by atoms with Gasteiger partial charge in [0, 0.05) is 12.1 Å². The van der Waals surface area contributed by atoms with Crippen molar-refractivity contribution >= 4 is 23.5 Å². The Balaban J connectivity index is 1.64. The molecule has 118 valence electrons. The lowest BCUT2D eigenvalue weighted by Crippen LogP contribution is -2.25. The zero-order valence-corrected chi connectivity index (χ0v) is 13.6. The van der Waals surface area contributed by atoms with Gasteiger partial charge in [0.25, 0.3) is 0 Å². The summed E-state index contributed by atoms with van der Waals surface area (Å²) < 4.78 is 3.59. The van der Waals surface area contributed by atoms with Crippen LogP contribution in [-0.2, 0) is 4.79 Å². The molecular formula is C13H19N7OS. The Bertz CT molecular complexity index is 661. The number of thioether (sulfide) groups is 1. The molecule has 0 aromatic carbocycles. The molecule has 0 aliphatic heterocycles. The standard InChI is InChI=1S/C13H19N7OS/c1-8(2)19-11(6-7-14-19)15-12(21)9(3)22-13-16-17-18-20(13)10-4-5-10/h6-10H,4-5H2,1-3H3,(H,15,21). The van der Waals surface area contributed by atoms with E-state index in [-0.39, 0.29) is 17.2 Å². The van der Waals surface area contributed by atoms with E-state index >= 15 is 0 Å². The first-order valence-corrected chi connectivity index (χ1v) is 8.23. The van der Waals surface area contributed by atoms with E-state index in [1.54, 1.807) is 16.9 Å². The molecule has 1 aliphatic rings. The Morgan fingerprint density at radius 2 is 2.18 bits per heavy atom. The number of anilines is 1. The molecule has 1 atom stereocenters. The molecular weight excluding hydrogens is 302 g/mol. The van der Waals surface area contributed by atoms with Crippen molar-refractivity contribution in [3.63, 3.8) is 0 Å². The van der Waals surface area contributed by atoms with Gasteiger partial charge in [-0.05, 0) is 44.0 Å². The van der Waals surface area contributed by atoms with Crippen LogP contribution in [0.5, 0.6) is 0 Å². The second-order valence-electron chi connectivity index (χ2n) is 5.64. The van der Waals surface area contributed by atoms with E-state index in [1.807, 2.05) is 25.5 Å². The van der Waals surface area contributed by atoms with Crippen LogP contribution in [0.4, 0.5) is 5.82 Å². The van der Waals surface area contributed by atoms with E-state index in [0.29, 0.717) is 17.0 Å². The van der Waals surface area contributed by atoms with E-state index in [2.05, 4.69) is 25.9 Å². The highest BCUT2D eigenvalue weighted by Crippen LogP contribution is 2.37. The summed E-state index contributed by atoms with van der Waals surface area (Å²) in [5.74, 6) is 0.618. The topological polar surface area (TPSA) is 90.5 Å². The summed E-state index contributed by atoms with van der Waals surface area (Å²) in [5, 5.41) is 19.2. The maximum absolute atomic E-state index is 12.4. The van der Waals surface area contributed by atoms with Crippen molar-refractivity contribution < 1.29 is 4.79 Å². The first-order valence-electron chi connectivity index (χ1n) is 7.35. The van der Waals surface area contributed by atoms with Gasteiger partial charge in [0.2, 0.25) is 11.1 Å². The number of rotatable bonds is 6. The largest absolute Gasteiger partial charge is 0.310 e. The Kier molecular flexibility index (Phi) is 4.14. The summed E-state index contributed by atoms with van der Waals surface area (Å²) in [5.41, 5.74) is 0. The van der Waals surface area contributed by atoms with E-state index in [9.17, 15) is 4.79 Å². The van der Waals surface area contributed by atoms with Crippen molar-refractivity contribution in [2.24, 2.45) is 0 Å². The second-order valence-corrected chi connectivity index (χ2v) is 6.95. The number of amides is 1. The van der Waals surface area contributed by atoms with Crippen molar-refractivity contribution in [3.8, 4) is 0 Å². The number of hydrogen-bond donors (Lipinski definition) is 1. The summed E-state index contributed by atoms with van der Waals surface area (Å²) in [7, 11) is 0.